The third-order valence-corrected chi connectivity index (χ3v) is 12.9. The average Bonchev–Trinajstić information content (AvgIpc) is 3.86. The summed E-state index contributed by atoms with van der Waals surface area (Å²) in [6.07, 6.45) is -31.9. The Hall–Kier alpha value is -8.41. The van der Waals surface area contributed by atoms with E-state index >= 15 is 13.2 Å². The van der Waals surface area contributed by atoms with Crippen molar-refractivity contribution >= 4 is 49.3 Å². The minimum Gasteiger partial charge on any atom is -0.308 e. The number of hydrogen-bond donors (Lipinski definition) is 0. The van der Waals surface area contributed by atoms with Crippen molar-refractivity contribution in [3.63, 3.8) is 0 Å². The Labute approximate surface area is 414 Å². The molecule has 10 rings (SSSR count). The highest BCUT2D eigenvalue weighted by molar-refractivity contribution is 6.13. The molecule has 0 unspecified atom stereocenters. The number of halogens is 18. The number of aromatic nitrogens is 2. The van der Waals surface area contributed by atoms with Gasteiger partial charge in [0.2, 0.25) is 0 Å². The molecule has 76 heavy (non-hydrogen) atoms. The summed E-state index contributed by atoms with van der Waals surface area (Å²) in [5.41, 5.74) is -14.5. The van der Waals surface area contributed by atoms with Crippen LogP contribution in [0.4, 0.5) is 84.7 Å². The number of fused-ring (bicyclic) bond motifs is 6. The quantitative estimate of drug-likeness (QED) is 0.120. The van der Waals surface area contributed by atoms with Crippen LogP contribution in [0.15, 0.2) is 152 Å². The van der Waals surface area contributed by atoms with E-state index in [1.54, 1.807) is 24.3 Å². The van der Waals surface area contributed by atoms with Gasteiger partial charge in [0.15, 0.2) is 5.69 Å². The molecular formula is C55H25F18N3. The molecule has 2 heterocycles. The Morgan fingerprint density at radius 3 is 1.01 bits per heavy atom. The molecule has 8 aromatic carbocycles. The van der Waals surface area contributed by atoms with E-state index in [0.29, 0.717) is 47.2 Å². The fraction of sp³-hybridized carbons (Fsp3) is 0.109. The van der Waals surface area contributed by atoms with Crippen molar-refractivity contribution in [1.29, 1.82) is 0 Å². The summed E-state index contributed by atoms with van der Waals surface area (Å²) in [7, 11) is 0. The molecule has 0 atom stereocenters. The van der Waals surface area contributed by atoms with Gasteiger partial charge in [-0.2, -0.15) is 79.0 Å². The molecule has 0 bridgehead atoms. The molecule has 0 N–H and O–H groups in total. The number of hydrogen-bond acceptors (Lipinski definition) is 0. The molecule has 0 amide bonds. The van der Waals surface area contributed by atoms with E-state index in [4.69, 9.17) is 6.57 Å². The second kappa shape index (κ2) is 17.3. The minimum atomic E-state index is -5.51. The summed E-state index contributed by atoms with van der Waals surface area (Å²) in [4.78, 5) is 3.50. The van der Waals surface area contributed by atoms with Crippen LogP contribution >= 0.6 is 0 Å². The lowest BCUT2D eigenvalue weighted by Crippen LogP contribution is -2.12. The molecule has 21 heteroatoms. The Balaban J connectivity index is 1.36. The fourth-order valence-electron chi connectivity index (χ4n) is 9.63. The monoisotopic (exact) mass is 1070 g/mol. The van der Waals surface area contributed by atoms with Crippen molar-refractivity contribution in [2.75, 3.05) is 0 Å². The van der Waals surface area contributed by atoms with Crippen LogP contribution in [0.25, 0.3) is 93.2 Å². The third kappa shape index (κ3) is 8.77. The van der Waals surface area contributed by atoms with E-state index in [0.717, 1.165) is 18.2 Å². The number of rotatable bonds is 5. The van der Waals surface area contributed by atoms with Gasteiger partial charge in [0, 0.05) is 21.5 Å². The van der Waals surface area contributed by atoms with Crippen LogP contribution in [0.5, 0.6) is 0 Å². The first-order valence-corrected chi connectivity index (χ1v) is 21.9. The molecule has 0 saturated heterocycles. The summed E-state index contributed by atoms with van der Waals surface area (Å²) < 4.78 is 261. The number of para-hydroxylation sites is 2. The van der Waals surface area contributed by atoms with Gasteiger partial charge in [-0.3, -0.25) is 0 Å². The smallest absolute Gasteiger partial charge is 0.308 e. The van der Waals surface area contributed by atoms with Crippen LogP contribution in [-0.4, -0.2) is 9.13 Å². The zero-order valence-corrected chi connectivity index (χ0v) is 37.6. The van der Waals surface area contributed by atoms with Gasteiger partial charge < -0.3 is 9.13 Å². The maximum absolute atomic E-state index is 15.0. The maximum Gasteiger partial charge on any atom is 0.417 e. The molecule has 386 valence electrons. The Kier molecular flexibility index (Phi) is 11.6. The minimum absolute atomic E-state index is 0.0109. The summed E-state index contributed by atoms with van der Waals surface area (Å²) in [5, 5.41) is 1.19. The van der Waals surface area contributed by atoms with Crippen LogP contribution in [0.2, 0.25) is 0 Å². The van der Waals surface area contributed by atoms with Crippen LogP contribution < -0.4 is 0 Å². The first-order valence-electron chi connectivity index (χ1n) is 21.9. The number of nitrogens with zero attached hydrogens (tertiary/aromatic N) is 3. The molecule has 0 aliphatic carbocycles. The standard InChI is InChI=1S/C55H25F18N3/c1-74-43-26-49(76-45-9-5-3-7-36(45)38-16-11-28(21-47(38)76)33-18-13-30(51(59,60)61)23-41(33)54(68,69)70)48(25-39(43)34-19-14-31(52(62,63)64)24-42(34)55(71,72)73)75-44-8-4-2-6-35(44)37-15-10-27(20-46(37)75)32-17-12-29(50(56,57)58)22-40(32)53(65,66)67/h2-26H. The summed E-state index contributed by atoms with van der Waals surface area (Å²) >= 11 is 0. The normalized spacial score (nSPS) is 13.1. The molecule has 2 aromatic heterocycles. The second-order valence-electron chi connectivity index (χ2n) is 17.4. The van der Waals surface area contributed by atoms with Crippen molar-refractivity contribution in [3.8, 4) is 44.8 Å². The third-order valence-electron chi connectivity index (χ3n) is 12.9. The van der Waals surface area contributed by atoms with Crippen molar-refractivity contribution in [2.45, 2.75) is 37.1 Å². The number of benzene rings is 8. The largest absolute Gasteiger partial charge is 0.417 e. The van der Waals surface area contributed by atoms with Gasteiger partial charge in [-0.05, 0) is 106 Å². The summed E-state index contributed by atoms with van der Waals surface area (Å²) in [6.45, 7) is 8.29. The topological polar surface area (TPSA) is 14.2 Å². The van der Waals surface area contributed by atoms with Crippen LogP contribution in [0.3, 0.4) is 0 Å². The lowest BCUT2D eigenvalue weighted by molar-refractivity contribution is -0.144. The maximum atomic E-state index is 15.0. The molecule has 0 spiro atoms. The molecule has 0 fully saturated rings. The van der Waals surface area contributed by atoms with E-state index in [9.17, 15) is 65.9 Å². The van der Waals surface area contributed by atoms with Crippen LogP contribution in [0.1, 0.15) is 33.4 Å². The average molecular weight is 1070 g/mol. The molecule has 0 radical (unpaired) electrons. The Morgan fingerprint density at radius 1 is 0.303 bits per heavy atom. The van der Waals surface area contributed by atoms with Gasteiger partial charge >= 0.3 is 37.1 Å². The zero-order valence-electron chi connectivity index (χ0n) is 37.6. The van der Waals surface area contributed by atoms with Crippen molar-refractivity contribution in [1.82, 2.24) is 9.13 Å². The highest BCUT2D eigenvalue weighted by Crippen LogP contribution is 2.50. The summed E-state index contributed by atoms with van der Waals surface area (Å²) in [6, 6.07) is 24.4. The van der Waals surface area contributed by atoms with E-state index in [1.165, 1.54) is 63.7 Å². The van der Waals surface area contributed by atoms with E-state index in [-0.39, 0.29) is 73.5 Å². The van der Waals surface area contributed by atoms with E-state index in [1.807, 2.05) is 0 Å². The molecular weight excluding hydrogens is 1040 g/mol. The van der Waals surface area contributed by atoms with Gasteiger partial charge in [0.05, 0.1) is 73.4 Å². The lowest BCUT2D eigenvalue weighted by atomic mass is 9.94. The van der Waals surface area contributed by atoms with Gasteiger partial charge in [-0.1, -0.05) is 78.9 Å². The van der Waals surface area contributed by atoms with Crippen LogP contribution in [0, 0.1) is 6.57 Å². The highest BCUT2D eigenvalue weighted by atomic mass is 19.4. The molecule has 3 nitrogen and oxygen atoms in total. The Morgan fingerprint density at radius 2 is 0.645 bits per heavy atom. The van der Waals surface area contributed by atoms with Crippen LogP contribution in [-0.2, 0) is 37.1 Å². The molecule has 10 aromatic rings. The van der Waals surface area contributed by atoms with Gasteiger partial charge in [-0.25, -0.2) is 4.85 Å². The number of alkyl halides is 18. The zero-order chi connectivity index (χ0) is 54.8. The first-order chi connectivity index (χ1) is 35.4. The highest BCUT2D eigenvalue weighted by Gasteiger charge is 2.42. The van der Waals surface area contributed by atoms with E-state index in [2.05, 4.69) is 4.85 Å². The van der Waals surface area contributed by atoms with Crippen molar-refractivity contribution in [2.24, 2.45) is 0 Å². The second-order valence-corrected chi connectivity index (χ2v) is 17.4. The van der Waals surface area contributed by atoms with E-state index < -0.39 is 98.4 Å². The molecule has 0 aliphatic rings. The predicted molar refractivity (Wildman–Crippen MR) is 248 cm³/mol. The molecule has 0 aliphatic heterocycles. The first kappa shape index (κ1) is 51.1. The fourth-order valence-corrected chi connectivity index (χ4v) is 9.63. The SMILES string of the molecule is [C-]#[N+]c1cc(-n2c3ccccc3c3ccc(-c4ccc(C(F)(F)F)cc4C(F)(F)F)cc32)c(-n2c3ccccc3c3ccc(-c4ccc(C(F)(F)F)cc4C(F)(F)F)cc32)cc1-c1ccc(C(F)(F)F)cc1C(F)(F)F. The lowest BCUT2D eigenvalue weighted by Gasteiger charge is -2.22. The van der Waals surface area contributed by atoms with Gasteiger partial charge in [0.25, 0.3) is 0 Å². The van der Waals surface area contributed by atoms with Crippen molar-refractivity contribution in [3.05, 3.63) is 196 Å². The van der Waals surface area contributed by atoms with Gasteiger partial charge in [-0.15, -0.1) is 0 Å². The Bertz CT molecular complexity index is 4040. The molecule has 0 saturated carbocycles. The van der Waals surface area contributed by atoms with Gasteiger partial charge in [0.1, 0.15) is 0 Å². The van der Waals surface area contributed by atoms with Crippen molar-refractivity contribution < 1.29 is 79.0 Å². The predicted octanol–water partition coefficient (Wildman–Crippen LogP) is 19.5. The summed E-state index contributed by atoms with van der Waals surface area (Å²) in [5.74, 6) is 0.